The highest BCUT2D eigenvalue weighted by Crippen LogP contribution is 2.12. The Morgan fingerprint density at radius 3 is 2.67 bits per heavy atom. The average Bonchev–Trinajstić information content (AvgIpc) is 2.91. The molecule has 1 aromatic carbocycles. The van der Waals surface area contributed by atoms with Crippen LogP contribution in [0.25, 0.3) is 0 Å². The number of amides is 1. The molecular weight excluding hydrogens is 340 g/mol. The highest BCUT2D eigenvalue weighted by Gasteiger charge is 2.09. The first-order valence-electron chi connectivity index (χ1n) is 9.28. The monoisotopic (exact) mass is 370 g/mol. The molecule has 3 N–H and O–H groups in total. The van der Waals surface area contributed by atoms with Crippen molar-refractivity contribution in [1.82, 2.24) is 25.7 Å². The van der Waals surface area contributed by atoms with Gasteiger partial charge in [0.05, 0.1) is 12.2 Å². The SMILES string of the molecule is CCNC(=NCc1c(C)nn(C)c1C)NCCc1cccc(C(=O)NC)c1. The Morgan fingerprint density at radius 1 is 1.26 bits per heavy atom. The number of nitrogens with zero attached hydrogens (tertiary/aromatic N) is 3. The molecule has 0 fully saturated rings. The summed E-state index contributed by atoms with van der Waals surface area (Å²) in [6.07, 6.45) is 0.806. The highest BCUT2D eigenvalue weighted by molar-refractivity contribution is 5.94. The molecule has 0 aliphatic rings. The highest BCUT2D eigenvalue weighted by atomic mass is 16.1. The number of benzene rings is 1. The van der Waals surface area contributed by atoms with Gasteiger partial charge in [0.25, 0.3) is 5.91 Å². The van der Waals surface area contributed by atoms with Crippen LogP contribution in [0.15, 0.2) is 29.3 Å². The van der Waals surface area contributed by atoms with E-state index in [1.54, 1.807) is 7.05 Å². The van der Waals surface area contributed by atoms with Gasteiger partial charge >= 0.3 is 0 Å². The number of aromatic nitrogens is 2. The molecular formula is C20H30N6O. The standard InChI is InChI=1S/C20H30N6O/c1-6-22-20(24-13-18-14(2)25-26(5)15(18)3)23-11-10-16-8-7-9-17(12-16)19(27)21-4/h7-9,12H,6,10-11,13H2,1-5H3,(H,21,27)(H2,22,23,24). The molecule has 0 bridgehead atoms. The molecule has 7 nitrogen and oxygen atoms in total. The summed E-state index contributed by atoms with van der Waals surface area (Å²) in [5.41, 5.74) is 5.10. The van der Waals surface area contributed by atoms with Crippen LogP contribution < -0.4 is 16.0 Å². The Hall–Kier alpha value is -2.83. The lowest BCUT2D eigenvalue weighted by molar-refractivity contribution is 0.0963. The molecule has 0 aliphatic heterocycles. The van der Waals surface area contributed by atoms with Crippen molar-refractivity contribution in [1.29, 1.82) is 0 Å². The molecule has 1 heterocycles. The van der Waals surface area contributed by atoms with Crippen LogP contribution in [0.1, 0.15) is 39.8 Å². The Morgan fingerprint density at radius 2 is 2.04 bits per heavy atom. The van der Waals surface area contributed by atoms with Crippen LogP contribution in [0.5, 0.6) is 0 Å². The van der Waals surface area contributed by atoms with Gasteiger partial charge in [-0.1, -0.05) is 12.1 Å². The van der Waals surface area contributed by atoms with Crippen LogP contribution in [0, 0.1) is 13.8 Å². The van der Waals surface area contributed by atoms with E-state index in [9.17, 15) is 4.79 Å². The second-order valence-corrected chi connectivity index (χ2v) is 6.42. The van der Waals surface area contributed by atoms with Crippen molar-refractivity contribution in [3.8, 4) is 0 Å². The van der Waals surface area contributed by atoms with E-state index < -0.39 is 0 Å². The molecule has 0 atom stereocenters. The van der Waals surface area contributed by atoms with Gasteiger partial charge in [-0.3, -0.25) is 9.48 Å². The summed E-state index contributed by atoms with van der Waals surface area (Å²) in [5.74, 6) is 0.713. The van der Waals surface area contributed by atoms with Crippen molar-refractivity contribution >= 4 is 11.9 Å². The van der Waals surface area contributed by atoms with Crippen LogP contribution in [0.4, 0.5) is 0 Å². The molecule has 0 saturated carbocycles. The van der Waals surface area contributed by atoms with Gasteiger partial charge in [-0.05, 0) is 44.9 Å². The number of carbonyl (C=O) groups excluding carboxylic acids is 1. The predicted molar refractivity (Wildman–Crippen MR) is 109 cm³/mol. The molecule has 27 heavy (non-hydrogen) atoms. The quantitative estimate of drug-likeness (QED) is 0.512. The summed E-state index contributed by atoms with van der Waals surface area (Å²) in [6.45, 7) is 8.23. The topological polar surface area (TPSA) is 83.3 Å². The zero-order valence-corrected chi connectivity index (χ0v) is 16.9. The maximum absolute atomic E-state index is 11.7. The lowest BCUT2D eigenvalue weighted by Crippen LogP contribution is -2.38. The summed E-state index contributed by atoms with van der Waals surface area (Å²) in [6, 6.07) is 7.68. The number of hydrogen-bond donors (Lipinski definition) is 3. The predicted octanol–water partition coefficient (Wildman–Crippen LogP) is 1.69. The molecule has 2 rings (SSSR count). The number of rotatable bonds is 7. The van der Waals surface area contributed by atoms with E-state index in [-0.39, 0.29) is 5.91 Å². The number of aryl methyl sites for hydroxylation is 2. The van der Waals surface area contributed by atoms with Gasteiger partial charge in [0.15, 0.2) is 5.96 Å². The molecule has 2 aromatic rings. The first-order chi connectivity index (χ1) is 13.0. The smallest absolute Gasteiger partial charge is 0.251 e. The zero-order valence-electron chi connectivity index (χ0n) is 16.9. The maximum Gasteiger partial charge on any atom is 0.251 e. The van der Waals surface area contributed by atoms with E-state index >= 15 is 0 Å². The number of hydrogen-bond acceptors (Lipinski definition) is 3. The van der Waals surface area contributed by atoms with E-state index in [2.05, 4.69) is 33.0 Å². The van der Waals surface area contributed by atoms with Gasteiger partial charge in [0.2, 0.25) is 0 Å². The van der Waals surface area contributed by atoms with Crippen molar-refractivity contribution in [2.45, 2.75) is 33.7 Å². The Kier molecular flexibility index (Phi) is 7.40. The fourth-order valence-corrected chi connectivity index (χ4v) is 2.88. The lowest BCUT2D eigenvalue weighted by Gasteiger charge is -2.12. The largest absolute Gasteiger partial charge is 0.357 e. The molecule has 0 saturated heterocycles. The van der Waals surface area contributed by atoms with Crippen molar-refractivity contribution in [2.75, 3.05) is 20.1 Å². The Labute approximate surface area is 161 Å². The molecule has 146 valence electrons. The lowest BCUT2D eigenvalue weighted by atomic mass is 10.1. The minimum absolute atomic E-state index is 0.0677. The summed E-state index contributed by atoms with van der Waals surface area (Å²) in [7, 11) is 3.59. The fourth-order valence-electron chi connectivity index (χ4n) is 2.88. The molecule has 0 unspecified atom stereocenters. The van der Waals surface area contributed by atoms with Crippen LogP contribution in [-0.2, 0) is 20.0 Å². The van der Waals surface area contributed by atoms with Gasteiger partial charge in [-0.2, -0.15) is 5.10 Å². The van der Waals surface area contributed by atoms with Gasteiger partial charge in [-0.15, -0.1) is 0 Å². The molecule has 0 radical (unpaired) electrons. The van der Waals surface area contributed by atoms with E-state index in [0.29, 0.717) is 12.1 Å². The third-order valence-electron chi connectivity index (χ3n) is 4.52. The molecule has 0 aliphatic carbocycles. The van der Waals surface area contributed by atoms with Gasteiger partial charge < -0.3 is 16.0 Å². The van der Waals surface area contributed by atoms with Gasteiger partial charge in [0.1, 0.15) is 0 Å². The number of carbonyl (C=O) groups is 1. The zero-order chi connectivity index (χ0) is 19.8. The van der Waals surface area contributed by atoms with Crippen molar-refractivity contribution in [2.24, 2.45) is 12.0 Å². The Balaban J connectivity index is 1.97. The van der Waals surface area contributed by atoms with E-state index in [4.69, 9.17) is 0 Å². The van der Waals surface area contributed by atoms with E-state index in [0.717, 1.165) is 48.0 Å². The first-order valence-corrected chi connectivity index (χ1v) is 9.28. The fraction of sp³-hybridized carbons (Fsp3) is 0.450. The molecule has 1 amide bonds. The normalized spacial score (nSPS) is 11.4. The van der Waals surface area contributed by atoms with Crippen molar-refractivity contribution in [3.05, 3.63) is 52.3 Å². The number of aliphatic imine (C=N–C) groups is 1. The van der Waals surface area contributed by atoms with Crippen molar-refractivity contribution in [3.63, 3.8) is 0 Å². The summed E-state index contributed by atoms with van der Waals surface area (Å²) >= 11 is 0. The maximum atomic E-state index is 11.7. The summed E-state index contributed by atoms with van der Waals surface area (Å²) < 4.78 is 1.89. The molecule has 7 heteroatoms. The summed E-state index contributed by atoms with van der Waals surface area (Å²) in [4.78, 5) is 16.4. The third kappa shape index (κ3) is 5.57. The minimum atomic E-state index is -0.0677. The molecule has 1 aromatic heterocycles. The average molecular weight is 371 g/mol. The second kappa shape index (κ2) is 9.75. The van der Waals surface area contributed by atoms with Gasteiger partial charge in [0, 0.05) is 44.0 Å². The summed E-state index contributed by atoms with van der Waals surface area (Å²) in [5, 5.41) is 13.7. The van der Waals surface area contributed by atoms with E-state index in [1.165, 1.54) is 0 Å². The Bertz CT molecular complexity index is 809. The van der Waals surface area contributed by atoms with Crippen LogP contribution in [0.3, 0.4) is 0 Å². The second-order valence-electron chi connectivity index (χ2n) is 6.42. The van der Waals surface area contributed by atoms with Crippen LogP contribution in [0.2, 0.25) is 0 Å². The van der Waals surface area contributed by atoms with E-state index in [1.807, 2.05) is 49.8 Å². The van der Waals surface area contributed by atoms with Crippen LogP contribution >= 0.6 is 0 Å². The third-order valence-corrected chi connectivity index (χ3v) is 4.52. The number of guanidine groups is 1. The van der Waals surface area contributed by atoms with Crippen molar-refractivity contribution < 1.29 is 4.79 Å². The number of nitrogens with one attached hydrogen (secondary N) is 3. The van der Waals surface area contributed by atoms with Gasteiger partial charge in [-0.25, -0.2) is 4.99 Å². The first kappa shape index (κ1) is 20.5. The minimum Gasteiger partial charge on any atom is -0.357 e. The molecule has 0 spiro atoms. The van der Waals surface area contributed by atoms with Crippen LogP contribution in [-0.4, -0.2) is 41.8 Å².